The van der Waals surface area contributed by atoms with E-state index in [0.29, 0.717) is 5.92 Å². The van der Waals surface area contributed by atoms with E-state index in [-0.39, 0.29) is 19.0 Å². The van der Waals surface area contributed by atoms with Crippen molar-refractivity contribution in [1.29, 1.82) is 0 Å². The van der Waals surface area contributed by atoms with Crippen LogP contribution >= 0.6 is 12.4 Å². The molecule has 0 aromatic carbocycles. The van der Waals surface area contributed by atoms with Crippen LogP contribution in [0.15, 0.2) is 0 Å². The van der Waals surface area contributed by atoms with E-state index in [1.165, 1.54) is 19.3 Å². The Kier molecular flexibility index (Phi) is 6.68. The van der Waals surface area contributed by atoms with Crippen LogP contribution in [0, 0.1) is 5.92 Å². The van der Waals surface area contributed by atoms with E-state index in [0.717, 1.165) is 12.8 Å². The summed E-state index contributed by atoms with van der Waals surface area (Å²) in [4.78, 5) is 0. The van der Waals surface area contributed by atoms with Crippen molar-refractivity contribution in [2.75, 3.05) is 6.61 Å². The van der Waals surface area contributed by atoms with E-state index < -0.39 is 12.1 Å². The first kappa shape index (κ1) is 13.2. The Bertz CT molecular complexity index is 129. The first-order valence-corrected chi connectivity index (χ1v) is 4.80. The monoisotopic (exact) mass is 209 g/mol. The smallest absolute Gasteiger partial charge is 0.0741 e. The Balaban J connectivity index is 0.00000144. The molecule has 0 bridgehead atoms. The number of aliphatic hydroxyl groups is 2. The van der Waals surface area contributed by atoms with Crippen molar-refractivity contribution in [2.45, 2.75) is 44.2 Å². The normalized spacial score (nSPS) is 23.3. The van der Waals surface area contributed by atoms with Crippen LogP contribution in [-0.4, -0.2) is 29.0 Å². The fraction of sp³-hybridized carbons (Fsp3) is 1.00. The largest absolute Gasteiger partial charge is 0.395 e. The maximum Gasteiger partial charge on any atom is 0.0741 e. The number of rotatable bonds is 3. The Morgan fingerprint density at radius 3 is 2.23 bits per heavy atom. The third-order valence-corrected chi connectivity index (χ3v) is 2.78. The second-order valence-electron chi connectivity index (χ2n) is 3.74. The second-order valence-corrected chi connectivity index (χ2v) is 3.74. The fourth-order valence-electron chi connectivity index (χ4n) is 1.93. The molecule has 1 aliphatic rings. The third kappa shape index (κ3) is 3.81. The molecule has 0 radical (unpaired) electrons. The van der Waals surface area contributed by atoms with Crippen molar-refractivity contribution >= 4 is 12.4 Å². The van der Waals surface area contributed by atoms with Crippen molar-refractivity contribution in [3.8, 4) is 0 Å². The zero-order valence-corrected chi connectivity index (χ0v) is 8.67. The lowest BCUT2D eigenvalue weighted by molar-refractivity contribution is 0.0428. The Hall–Kier alpha value is 0.170. The number of hydrogen-bond acceptors (Lipinski definition) is 3. The Morgan fingerprint density at radius 2 is 1.77 bits per heavy atom. The molecule has 0 aromatic heterocycles. The summed E-state index contributed by atoms with van der Waals surface area (Å²) in [5.41, 5.74) is 5.55. The predicted molar refractivity (Wildman–Crippen MR) is 54.9 cm³/mol. The van der Waals surface area contributed by atoms with Gasteiger partial charge in [0.2, 0.25) is 0 Å². The zero-order valence-electron chi connectivity index (χ0n) is 7.85. The molecule has 1 aliphatic carbocycles. The summed E-state index contributed by atoms with van der Waals surface area (Å²) >= 11 is 0. The highest BCUT2D eigenvalue weighted by molar-refractivity contribution is 5.85. The quantitative estimate of drug-likeness (QED) is 0.640. The lowest BCUT2D eigenvalue weighted by Gasteiger charge is -2.29. The van der Waals surface area contributed by atoms with Crippen LogP contribution in [0.2, 0.25) is 0 Å². The molecule has 0 aliphatic heterocycles. The van der Waals surface area contributed by atoms with E-state index in [2.05, 4.69) is 0 Å². The second kappa shape index (κ2) is 6.60. The highest BCUT2D eigenvalue weighted by Crippen LogP contribution is 2.27. The molecular weight excluding hydrogens is 190 g/mol. The van der Waals surface area contributed by atoms with E-state index in [4.69, 9.17) is 10.8 Å². The molecule has 0 spiro atoms. The molecule has 0 aromatic rings. The van der Waals surface area contributed by atoms with Gasteiger partial charge in [-0.2, -0.15) is 0 Å². The van der Waals surface area contributed by atoms with Crippen LogP contribution < -0.4 is 5.73 Å². The first-order valence-electron chi connectivity index (χ1n) is 4.80. The molecule has 1 saturated carbocycles. The summed E-state index contributed by atoms with van der Waals surface area (Å²) in [5.74, 6) is 0.320. The molecule has 80 valence electrons. The van der Waals surface area contributed by atoms with Crippen LogP contribution in [0.25, 0.3) is 0 Å². The molecule has 0 saturated heterocycles. The van der Waals surface area contributed by atoms with E-state index in [1.807, 2.05) is 0 Å². The molecule has 1 rings (SSSR count). The van der Waals surface area contributed by atoms with Gasteiger partial charge in [-0.05, 0) is 18.8 Å². The van der Waals surface area contributed by atoms with E-state index in [9.17, 15) is 5.11 Å². The van der Waals surface area contributed by atoms with Gasteiger partial charge < -0.3 is 15.9 Å². The average molecular weight is 210 g/mol. The molecule has 1 fully saturated rings. The van der Waals surface area contributed by atoms with Crippen molar-refractivity contribution in [1.82, 2.24) is 0 Å². The van der Waals surface area contributed by atoms with Gasteiger partial charge in [0, 0.05) is 0 Å². The van der Waals surface area contributed by atoms with Gasteiger partial charge in [-0.1, -0.05) is 19.3 Å². The minimum absolute atomic E-state index is 0. The average Bonchev–Trinajstić information content (AvgIpc) is 2.17. The summed E-state index contributed by atoms with van der Waals surface area (Å²) in [6, 6.07) is -0.451. The molecule has 2 atom stereocenters. The molecule has 2 unspecified atom stereocenters. The van der Waals surface area contributed by atoms with Crippen molar-refractivity contribution < 1.29 is 10.2 Å². The lowest BCUT2D eigenvalue weighted by Crippen LogP contribution is -2.43. The van der Waals surface area contributed by atoms with Gasteiger partial charge in [-0.15, -0.1) is 12.4 Å². The summed E-state index contributed by atoms with van der Waals surface area (Å²) < 4.78 is 0. The standard InChI is InChI=1S/C9H19NO2.ClH/c10-8(6-11)9(12)7-4-2-1-3-5-7;/h7-9,11-12H,1-6,10H2;1H. The predicted octanol–water partition coefficient (Wildman–Crippen LogP) is 0.669. The van der Waals surface area contributed by atoms with Gasteiger partial charge in [0.15, 0.2) is 0 Å². The maximum absolute atomic E-state index is 9.66. The van der Waals surface area contributed by atoms with Crippen molar-refractivity contribution in [2.24, 2.45) is 11.7 Å². The summed E-state index contributed by atoms with van der Waals surface area (Å²) in [6.07, 6.45) is 5.29. The van der Waals surface area contributed by atoms with Crippen LogP contribution in [0.5, 0.6) is 0 Å². The summed E-state index contributed by atoms with van der Waals surface area (Å²) in [7, 11) is 0. The fourth-order valence-corrected chi connectivity index (χ4v) is 1.93. The highest BCUT2D eigenvalue weighted by atomic mass is 35.5. The molecule has 0 heterocycles. The van der Waals surface area contributed by atoms with Gasteiger partial charge in [-0.3, -0.25) is 0 Å². The summed E-state index contributed by atoms with van der Waals surface area (Å²) in [5, 5.41) is 18.4. The highest BCUT2D eigenvalue weighted by Gasteiger charge is 2.25. The topological polar surface area (TPSA) is 66.5 Å². The van der Waals surface area contributed by atoms with E-state index >= 15 is 0 Å². The number of halogens is 1. The lowest BCUT2D eigenvalue weighted by atomic mass is 9.83. The van der Waals surface area contributed by atoms with Crippen molar-refractivity contribution in [3.63, 3.8) is 0 Å². The SMILES string of the molecule is Cl.NC(CO)C(O)C1CCCCC1. The number of hydrogen-bond donors (Lipinski definition) is 3. The van der Waals surface area contributed by atoms with Crippen LogP contribution in [0.4, 0.5) is 0 Å². The third-order valence-electron chi connectivity index (χ3n) is 2.78. The van der Waals surface area contributed by atoms with Gasteiger partial charge in [0.25, 0.3) is 0 Å². The van der Waals surface area contributed by atoms with Gasteiger partial charge >= 0.3 is 0 Å². The molecule has 4 heteroatoms. The van der Waals surface area contributed by atoms with Crippen LogP contribution in [-0.2, 0) is 0 Å². The minimum atomic E-state index is -0.504. The first-order chi connectivity index (χ1) is 5.75. The van der Waals surface area contributed by atoms with Gasteiger partial charge in [0.05, 0.1) is 18.8 Å². The number of nitrogens with two attached hydrogens (primary N) is 1. The van der Waals surface area contributed by atoms with Gasteiger partial charge in [0.1, 0.15) is 0 Å². The zero-order chi connectivity index (χ0) is 8.97. The van der Waals surface area contributed by atoms with Gasteiger partial charge in [-0.25, -0.2) is 0 Å². The van der Waals surface area contributed by atoms with E-state index in [1.54, 1.807) is 0 Å². The number of aliphatic hydroxyl groups excluding tert-OH is 2. The van der Waals surface area contributed by atoms with Crippen LogP contribution in [0.1, 0.15) is 32.1 Å². The summed E-state index contributed by atoms with van der Waals surface area (Å²) in [6.45, 7) is -0.113. The Labute approximate surface area is 85.7 Å². The van der Waals surface area contributed by atoms with Crippen LogP contribution in [0.3, 0.4) is 0 Å². The maximum atomic E-state index is 9.66. The molecule has 4 N–H and O–H groups in total. The van der Waals surface area contributed by atoms with Crippen molar-refractivity contribution in [3.05, 3.63) is 0 Å². The molecule has 13 heavy (non-hydrogen) atoms. The molecular formula is C9H20ClNO2. The Morgan fingerprint density at radius 1 is 1.23 bits per heavy atom. The molecule has 0 amide bonds. The molecule has 3 nitrogen and oxygen atoms in total. The minimum Gasteiger partial charge on any atom is -0.395 e.